The summed E-state index contributed by atoms with van der Waals surface area (Å²) in [6.45, 7) is 1.44. The predicted molar refractivity (Wildman–Crippen MR) is 24.3 cm³/mol. The van der Waals surface area contributed by atoms with Crippen LogP contribution in [0.4, 0.5) is 0 Å². The molecule has 0 atom stereocenters. The van der Waals surface area contributed by atoms with Crippen LogP contribution < -0.4 is 29.6 Å². The zero-order valence-electron chi connectivity index (χ0n) is 5.79. The van der Waals surface area contributed by atoms with Crippen LogP contribution in [0.5, 0.6) is 0 Å². The van der Waals surface area contributed by atoms with E-state index in [1.807, 2.05) is 0 Å². The van der Waals surface area contributed by atoms with Gasteiger partial charge in [0, 0.05) is 0 Å². The second-order valence-corrected chi connectivity index (χ2v) is 1.93. The van der Waals surface area contributed by atoms with Gasteiger partial charge in [-0.25, -0.2) is 4.18 Å². The summed E-state index contributed by atoms with van der Waals surface area (Å²) in [5, 5.41) is 0. The van der Waals surface area contributed by atoms with Crippen LogP contribution in [0, 0.1) is 0 Å². The Labute approximate surface area is 72.0 Å². The van der Waals surface area contributed by atoms with Crippen LogP contribution in [0.1, 0.15) is 8.35 Å². The first-order valence-corrected chi connectivity index (χ1v) is 3.04. The average molecular weight is 150 g/mol. The number of hydrogen-bond donors (Lipinski definition) is 1. The van der Waals surface area contributed by atoms with Crippen LogP contribution in [0.15, 0.2) is 0 Å². The smallest absolute Gasteiger partial charge is 1.00 e. The van der Waals surface area contributed by atoms with Crippen molar-refractivity contribution in [3.8, 4) is 0 Å². The molecule has 0 radical (unpaired) electrons. The van der Waals surface area contributed by atoms with Crippen molar-refractivity contribution in [3.63, 3.8) is 0 Å². The van der Waals surface area contributed by atoms with Crippen molar-refractivity contribution in [1.29, 1.82) is 0 Å². The Hall–Kier alpha value is 0.870. The van der Waals surface area contributed by atoms with Gasteiger partial charge in [0.1, 0.15) is 0 Å². The minimum atomic E-state index is -4.17. The van der Waals surface area contributed by atoms with Gasteiger partial charge in [-0.2, -0.15) is 8.42 Å². The summed E-state index contributed by atoms with van der Waals surface area (Å²) in [5.41, 5.74) is 0. The van der Waals surface area contributed by atoms with Gasteiger partial charge >= 0.3 is 40.0 Å². The van der Waals surface area contributed by atoms with Gasteiger partial charge in [0.05, 0.1) is 6.61 Å². The Morgan fingerprint density at radius 3 is 2.12 bits per heavy atom. The quantitative estimate of drug-likeness (QED) is 0.335. The largest absolute Gasteiger partial charge is 1.00 e. The van der Waals surface area contributed by atoms with Crippen LogP contribution in [0.25, 0.3) is 0 Å². The molecule has 46 valence electrons. The second kappa shape index (κ2) is 4.72. The molecule has 4 nitrogen and oxygen atoms in total. The molecule has 0 spiro atoms. The molecule has 6 heteroatoms. The van der Waals surface area contributed by atoms with E-state index in [4.69, 9.17) is 4.55 Å². The van der Waals surface area contributed by atoms with Crippen molar-refractivity contribution in [2.45, 2.75) is 6.92 Å². The van der Waals surface area contributed by atoms with E-state index in [1.54, 1.807) is 0 Å². The summed E-state index contributed by atoms with van der Waals surface area (Å²) < 4.78 is 30.7. The van der Waals surface area contributed by atoms with Crippen molar-refractivity contribution in [3.05, 3.63) is 0 Å². The molecule has 0 aliphatic rings. The van der Waals surface area contributed by atoms with Crippen molar-refractivity contribution in [2.24, 2.45) is 0 Å². The van der Waals surface area contributed by atoms with Gasteiger partial charge in [0.15, 0.2) is 0 Å². The summed E-state index contributed by atoms with van der Waals surface area (Å²) >= 11 is 0. The fraction of sp³-hybridized carbons (Fsp3) is 1.00. The molecule has 0 saturated heterocycles. The molecule has 0 aromatic rings. The molecular weight excluding hydrogens is 143 g/mol. The van der Waals surface area contributed by atoms with Gasteiger partial charge in [0.2, 0.25) is 0 Å². The predicted octanol–water partition coefficient (Wildman–Crippen LogP) is -3.06. The first-order valence-electron chi connectivity index (χ1n) is 1.68. The monoisotopic (exact) mass is 150 g/mol. The van der Waals surface area contributed by atoms with E-state index < -0.39 is 10.4 Å². The normalized spacial score (nSPS) is 10.2. The third-order valence-electron chi connectivity index (χ3n) is 0.267. The van der Waals surface area contributed by atoms with Crippen molar-refractivity contribution < 1.29 is 48.1 Å². The first kappa shape index (κ1) is 11.6. The SMILES string of the molecule is CCOS(=O)(=O)O.[H-].[Na+]. The Morgan fingerprint density at radius 1 is 1.75 bits per heavy atom. The topological polar surface area (TPSA) is 63.6 Å². The standard InChI is InChI=1S/C2H6O4S.Na.H/c1-2-6-7(3,4)5;;/h2H2,1H3,(H,3,4,5);;/q;+1;-1. The second-order valence-electron chi connectivity index (χ2n) is 0.834. The van der Waals surface area contributed by atoms with Crippen molar-refractivity contribution in [1.82, 2.24) is 0 Å². The third kappa shape index (κ3) is 9.98. The average Bonchev–Trinajstić information content (AvgIpc) is 1.30. The summed E-state index contributed by atoms with van der Waals surface area (Å²) in [6, 6.07) is 0. The minimum Gasteiger partial charge on any atom is -1.00 e. The molecule has 0 aromatic carbocycles. The summed E-state index contributed by atoms with van der Waals surface area (Å²) in [5.74, 6) is 0. The Bertz CT molecular complexity index is 132. The van der Waals surface area contributed by atoms with Crippen molar-refractivity contribution >= 4 is 10.4 Å². The fourth-order valence-corrected chi connectivity index (χ4v) is 0.447. The molecule has 0 bridgehead atoms. The van der Waals surface area contributed by atoms with Gasteiger partial charge < -0.3 is 1.43 Å². The molecule has 0 aliphatic heterocycles. The molecule has 8 heavy (non-hydrogen) atoms. The van der Waals surface area contributed by atoms with E-state index >= 15 is 0 Å². The van der Waals surface area contributed by atoms with Gasteiger partial charge in [-0.05, 0) is 6.92 Å². The summed E-state index contributed by atoms with van der Waals surface area (Å²) in [4.78, 5) is 0. The summed E-state index contributed by atoms with van der Waals surface area (Å²) in [6.07, 6.45) is 0. The van der Waals surface area contributed by atoms with E-state index in [2.05, 4.69) is 4.18 Å². The first-order chi connectivity index (χ1) is 3.06. The zero-order valence-corrected chi connectivity index (χ0v) is 7.60. The van der Waals surface area contributed by atoms with Crippen LogP contribution in [-0.4, -0.2) is 19.6 Å². The van der Waals surface area contributed by atoms with Gasteiger partial charge in [0.25, 0.3) is 0 Å². The maximum atomic E-state index is 9.56. The molecule has 0 heterocycles. The maximum absolute atomic E-state index is 9.56. The van der Waals surface area contributed by atoms with E-state index in [-0.39, 0.29) is 37.6 Å². The summed E-state index contributed by atoms with van der Waals surface area (Å²) in [7, 11) is -4.17. The Balaban J connectivity index is -0.000000180. The van der Waals surface area contributed by atoms with Crippen LogP contribution in [0.2, 0.25) is 0 Å². The van der Waals surface area contributed by atoms with E-state index in [0.717, 1.165) is 0 Å². The van der Waals surface area contributed by atoms with Crippen LogP contribution in [0.3, 0.4) is 0 Å². The van der Waals surface area contributed by atoms with Gasteiger partial charge in [-0.15, -0.1) is 0 Å². The molecule has 1 N–H and O–H groups in total. The fourth-order valence-electron chi connectivity index (χ4n) is 0.149. The Morgan fingerprint density at radius 2 is 2.12 bits per heavy atom. The zero-order chi connectivity index (χ0) is 5.91. The van der Waals surface area contributed by atoms with Gasteiger partial charge in [-0.3, -0.25) is 4.55 Å². The molecule has 0 amide bonds. The van der Waals surface area contributed by atoms with Crippen LogP contribution in [-0.2, 0) is 14.6 Å². The molecule has 0 rings (SSSR count). The van der Waals surface area contributed by atoms with E-state index in [1.165, 1.54) is 6.92 Å². The molecule has 0 saturated carbocycles. The third-order valence-corrected chi connectivity index (χ3v) is 0.800. The Kier molecular flexibility index (Phi) is 6.87. The number of hydrogen-bond acceptors (Lipinski definition) is 3. The molecule has 0 fully saturated rings. The van der Waals surface area contributed by atoms with Crippen LogP contribution >= 0.6 is 0 Å². The molecule has 0 aliphatic carbocycles. The molecule has 0 aromatic heterocycles. The number of rotatable bonds is 2. The molecule has 0 unspecified atom stereocenters. The van der Waals surface area contributed by atoms with E-state index in [0.29, 0.717) is 0 Å². The maximum Gasteiger partial charge on any atom is 1.00 e. The van der Waals surface area contributed by atoms with E-state index in [9.17, 15) is 8.42 Å². The van der Waals surface area contributed by atoms with Crippen molar-refractivity contribution in [2.75, 3.05) is 6.61 Å². The minimum absolute atomic E-state index is 0. The van der Waals surface area contributed by atoms with Gasteiger partial charge in [-0.1, -0.05) is 0 Å². The molecular formula is C2H7NaO4S.